The first-order valence-electron chi connectivity index (χ1n) is 12.4. The number of benzene rings is 1. The van der Waals surface area contributed by atoms with Gasteiger partial charge < -0.3 is 10.6 Å². The minimum absolute atomic E-state index is 0.0188. The summed E-state index contributed by atoms with van der Waals surface area (Å²) in [6, 6.07) is 11.1. The predicted molar refractivity (Wildman–Crippen MR) is 128 cm³/mol. The van der Waals surface area contributed by atoms with Gasteiger partial charge in [0.2, 0.25) is 11.8 Å². The summed E-state index contributed by atoms with van der Waals surface area (Å²) >= 11 is 0. The normalized spacial score (nSPS) is 31.4. The van der Waals surface area contributed by atoms with Crippen LogP contribution < -0.4 is 10.6 Å². The van der Waals surface area contributed by atoms with Gasteiger partial charge in [-0.1, -0.05) is 48.9 Å². The Balaban J connectivity index is 1.09. The Morgan fingerprint density at radius 3 is 2.45 bits per heavy atom. The van der Waals surface area contributed by atoms with E-state index in [-0.39, 0.29) is 35.5 Å². The molecule has 0 aromatic heterocycles. The Kier molecular flexibility index (Phi) is 6.49. The Morgan fingerprint density at radius 2 is 1.76 bits per heavy atom. The summed E-state index contributed by atoms with van der Waals surface area (Å²) in [6.45, 7) is 3.82. The van der Waals surface area contributed by atoms with E-state index in [2.05, 4.69) is 63.0 Å². The highest BCUT2D eigenvalue weighted by molar-refractivity contribution is 6.06. The molecular weight excluding hydrogens is 414 g/mol. The predicted octanol–water partition coefficient (Wildman–Crippen LogP) is 2.01. The van der Waals surface area contributed by atoms with Gasteiger partial charge in [0.05, 0.1) is 11.8 Å². The number of aliphatic imine (C=N–C) groups is 1. The van der Waals surface area contributed by atoms with E-state index >= 15 is 0 Å². The number of nitrogens with one attached hydrogen (secondary N) is 2. The number of fused-ring (bicyclic) bond motifs is 5. The smallest absolute Gasteiger partial charge is 0.233 e. The molecule has 1 aromatic rings. The highest BCUT2D eigenvalue weighted by Crippen LogP contribution is 2.52. The number of guanidine groups is 1. The molecule has 5 atom stereocenters. The number of carbonyl (C=O) groups is 2. The van der Waals surface area contributed by atoms with Crippen molar-refractivity contribution in [1.82, 2.24) is 20.4 Å². The van der Waals surface area contributed by atoms with Crippen LogP contribution in [0.4, 0.5) is 0 Å². The molecule has 0 spiro atoms. The first-order valence-corrected chi connectivity index (χ1v) is 12.4. The largest absolute Gasteiger partial charge is 0.355 e. The van der Waals surface area contributed by atoms with Gasteiger partial charge >= 0.3 is 0 Å². The number of carbonyl (C=O) groups excluding carboxylic acids is 2. The van der Waals surface area contributed by atoms with Crippen molar-refractivity contribution in [2.24, 2.45) is 28.7 Å². The van der Waals surface area contributed by atoms with Crippen molar-refractivity contribution in [2.45, 2.75) is 38.3 Å². The van der Waals surface area contributed by atoms with Crippen LogP contribution in [-0.4, -0.2) is 66.8 Å². The number of allylic oxidation sites excluding steroid dienone is 2. The van der Waals surface area contributed by atoms with E-state index in [0.717, 1.165) is 32.0 Å². The van der Waals surface area contributed by atoms with E-state index in [1.165, 1.54) is 29.7 Å². The summed E-state index contributed by atoms with van der Waals surface area (Å²) in [5.74, 6) is 1.05. The van der Waals surface area contributed by atoms with Gasteiger partial charge in [0.1, 0.15) is 0 Å². The highest BCUT2D eigenvalue weighted by atomic mass is 16.2. The molecule has 7 heteroatoms. The maximum Gasteiger partial charge on any atom is 0.233 e. The Morgan fingerprint density at radius 1 is 1.03 bits per heavy atom. The molecule has 0 radical (unpaired) electrons. The maximum absolute atomic E-state index is 12.8. The summed E-state index contributed by atoms with van der Waals surface area (Å²) in [6.07, 6.45) is 8.91. The molecule has 2 aliphatic heterocycles. The Bertz CT molecular complexity index is 900. The van der Waals surface area contributed by atoms with Gasteiger partial charge in [0, 0.05) is 39.3 Å². The lowest BCUT2D eigenvalue weighted by atomic mass is 9.85. The zero-order valence-corrected chi connectivity index (χ0v) is 19.5. The average Bonchev–Trinajstić information content (AvgIpc) is 3.52. The van der Waals surface area contributed by atoms with Crippen LogP contribution in [0.5, 0.6) is 0 Å². The molecule has 4 aliphatic rings. The van der Waals surface area contributed by atoms with Crippen molar-refractivity contribution in [2.75, 3.05) is 33.2 Å². The molecule has 2 bridgehead atoms. The summed E-state index contributed by atoms with van der Waals surface area (Å²) < 4.78 is 0. The topological polar surface area (TPSA) is 77.0 Å². The lowest BCUT2D eigenvalue weighted by molar-refractivity contribution is -0.140. The van der Waals surface area contributed by atoms with Crippen LogP contribution >= 0.6 is 0 Å². The molecule has 2 amide bonds. The van der Waals surface area contributed by atoms with Crippen LogP contribution in [0.15, 0.2) is 47.5 Å². The van der Waals surface area contributed by atoms with E-state index in [1.54, 1.807) is 7.05 Å². The van der Waals surface area contributed by atoms with Crippen molar-refractivity contribution in [3.8, 4) is 0 Å². The minimum atomic E-state index is -0.119. The number of hydrogen-bond donors (Lipinski definition) is 2. The van der Waals surface area contributed by atoms with E-state index in [9.17, 15) is 9.59 Å². The van der Waals surface area contributed by atoms with Crippen LogP contribution in [0.1, 0.15) is 31.2 Å². The quantitative estimate of drug-likeness (QED) is 0.288. The second-order valence-electron chi connectivity index (χ2n) is 9.81. The van der Waals surface area contributed by atoms with Crippen LogP contribution in [0.2, 0.25) is 0 Å². The molecule has 2 saturated heterocycles. The van der Waals surface area contributed by atoms with Crippen molar-refractivity contribution in [3.63, 3.8) is 0 Å². The highest BCUT2D eigenvalue weighted by Gasteiger charge is 2.58. The third-order valence-electron chi connectivity index (χ3n) is 7.90. The summed E-state index contributed by atoms with van der Waals surface area (Å²) in [7, 11) is 1.76. The molecule has 5 rings (SSSR count). The van der Waals surface area contributed by atoms with Gasteiger partial charge in [-0.05, 0) is 43.2 Å². The molecule has 2 aliphatic carbocycles. The monoisotopic (exact) mass is 449 g/mol. The number of amides is 2. The van der Waals surface area contributed by atoms with Gasteiger partial charge in [-0.15, -0.1) is 0 Å². The first kappa shape index (κ1) is 22.1. The van der Waals surface area contributed by atoms with Crippen molar-refractivity contribution in [1.29, 1.82) is 0 Å². The molecule has 2 heterocycles. The lowest BCUT2D eigenvalue weighted by Gasteiger charge is -2.36. The third-order valence-corrected chi connectivity index (χ3v) is 7.90. The Labute approximate surface area is 196 Å². The van der Waals surface area contributed by atoms with Crippen LogP contribution in [0, 0.1) is 23.7 Å². The number of hydrogen-bond acceptors (Lipinski definition) is 4. The van der Waals surface area contributed by atoms with E-state index in [1.807, 2.05) is 0 Å². The minimum Gasteiger partial charge on any atom is -0.355 e. The number of piperidine rings is 1. The third kappa shape index (κ3) is 4.43. The molecule has 33 heavy (non-hydrogen) atoms. The molecular formula is C26H35N5O2. The standard InChI is InChI=1S/C26H35N5O2/c1-27-26(29-16-21-9-5-6-13-30(21)17-18-7-3-2-4-8-18)28-12-14-31-24(32)22-19-10-11-20(15-19)23(22)25(31)33/h2-4,7-8,10-11,19-23H,5-6,9,12-17H2,1H3,(H2,27,28,29). The Hall–Kier alpha value is -2.67. The van der Waals surface area contributed by atoms with Crippen LogP contribution in [0.3, 0.4) is 0 Å². The fraction of sp³-hybridized carbons (Fsp3) is 0.577. The van der Waals surface area contributed by atoms with Crippen molar-refractivity contribution >= 4 is 17.8 Å². The molecule has 3 fully saturated rings. The molecule has 7 nitrogen and oxygen atoms in total. The van der Waals surface area contributed by atoms with Gasteiger partial charge in [-0.3, -0.25) is 24.4 Å². The van der Waals surface area contributed by atoms with Gasteiger partial charge in [0.25, 0.3) is 0 Å². The molecule has 176 valence electrons. The number of rotatable bonds is 7. The van der Waals surface area contributed by atoms with Gasteiger partial charge in [-0.25, -0.2) is 0 Å². The number of likely N-dealkylation sites (tertiary alicyclic amines) is 2. The van der Waals surface area contributed by atoms with Crippen LogP contribution in [0.25, 0.3) is 0 Å². The second kappa shape index (κ2) is 9.67. The molecule has 2 N–H and O–H groups in total. The lowest BCUT2D eigenvalue weighted by Crippen LogP contribution is -2.49. The average molecular weight is 450 g/mol. The molecule has 5 unspecified atom stereocenters. The van der Waals surface area contributed by atoms with Crippen molar-refractivity contribution in [3.05, 3.63) is 48.0 Å². The van der Waals surface area contributed by atoms with E-state index < -0.39 is 0 Å². The zero-order valence-electron chi connectivity index (χ0n) is 19.5. The SMILES string of the molecule is CN=C(NCCN1C(=O)C2C3C=CC(C3)C2C1=O)NCC1CCCCN1Cc1ccccc1. The molecule has 1 aromatic carbocycles. The summed E-state index contributed by atoms with van der Waals surface area (Å²) in [4.78, 5) is 34.1. The van der Waals surface area contributed by atoms with Crippen LogP contribution in [-0.2, 0) is 16.1 Å². The number of nitrogens with zero attached hydrogens (tertiary/aromatic N) is 3. The fourth-order valence-electron chi connectivity index (χ4n) is 6.22. The fourth-order valence-corrected chi connectivity index (χ4v) is 6.22. The first-order chi connectivity index (χ1) is 16.2. The van der Waals surface area contributed by atoms with E-state index in [4.69, 9.17) is 0 Å². The van der Waals surface area contributed by atoms with E-state index in [0.29, 0.717) is 19.1 Å². The summed E-state index contributed by atoms with van der Waals surface area (Å²) in [5.41, 5.74) is 1.35. The second-order valence-corrected chi connectivity index (χ2v) is 9.81. The number of imide groups is 1. The van der Waals surface area contributed by atoms with Gasteiger partial charge in [0.15, 0.2) is 5.96 Å². The molecule has 1 saturated carbocycles. The summed E-state index contributed by atoms with van der Waals surface area (Å²) in [5, 5.41) is 6.77. The maximum atomic E-state index is 12.8. The van der Waals surface area contributed by atoms with Gasteiger partial charge in [-0.2, -0.15) is 0 Å². The van der Waals surface area contributed by atoms with Crippen molar-refractivity contribution < 1.29 is 9.59 Å². The zero-order chi connectivity index (χ0) is 22.8.